The van der Waals surface area contributed by atoms with E-state index < -0.39 is 5.60 Å². The van der Waals surface area contributed by atoms with Crippen molar-refractivity contribution in [1.82, 2.24) is 14.5 Å². The first kappa shape index (κ1) is 13.9. The van der Waals surface area contributed by atoms with E-state index in [4.69, 9.17) is 0 Å². The fourth-order valence-electron chi connectivity index (χ4n) is 2.44. The molecule has 1 aromatic heterocycles. The Morgan fingerprint density at radius 1 is 1.50 bits per heavy atom. The molecule has 1 aromatic rings. The lowest BCUT2D eigenvalue weighted by Crippen LogP contribution is -2.50. The molecule has 18 heavy (non-hydrogen) atoms. The number of aromatic nitrogens is 2. The van der Waals surface area contributed by atoms with Crippen molar-refractivity contribution in [3.05, 3.63) is 10.6 Å². The van der Waals surface area contributed by atoms with Crippen LogP contribution in [0.25, 0.3) is 0 Å². The Balaban J connectivity index is 2.03. The smallest absolute Gasteiger partial charge is 0.100 e. The Morgan fingerprint density at radius 3 is 2.94 bits per heavy atom. The van der Waals surface area contributed by atoms with Gasteiger partial charge in [-0.15, -0.1) is 5.10 Å². The van der Waals surface area contributed by atoms with Crippen LogP contribution in [0, 0.1) is 0 Å². The van der Waals surface area contributed by atoms with Crippen molar-refractivity contribution in [3.63, 3.8) is 0 Å². The molecule has 2 heterocycles. The lowest BCUT2D eigenvalue weighted by molar-refractivity contribution is -0.0685. The molecule has 6 heteroatoms. The second-order valence-corrected chi connectivity index (χ2v) is 6.27. The van der Waals surface area contributed by atoms with Gasteiger partial charge in [0.1, 0.15) is 5.60 Å². The van der Waals surface area contributed by atoms with Crippen molar-refractivity contribution in [1.29, 1.82) is 0 Å². The monoisotopic (exact) mass is 271 g/mol. The molecule has 1 saturated heterocycles. The Hall–Kier alpha value is -0.560. The Kier molecular flexibility index (Phi) is 4.32. The number of hydrogen-bond donors (Lipinski definition) is 2. The van der Waals surface area contributed by atoms with Gasteiger partial charge in [0.15, 0.2) is 0 Å². The molecule has 0 radical (unpaired) electrons. The van der Waals surface area contributed by atoms with E-state index in [0.717, 1.165) is 25.2 Å². The van der Waals surface area contributed by atoms with Gasteiger partial charge in [-0.3, -0.25) is 4.90 Å². The van der Waals surface area contributed by atoms with Gasteiger partial charge in [0.05, 0.1) is 17.2 Å². The van der Waals surface area contributed by atoms with Crippen LogP contribution < -0.4 is 0 Å². The summed E-state index contributed by atoms with van der Waals surface area (Å²) in [6, 6.07) is 0. The minimum atomic E-state index is -0.936. The van der Waals surface area contributed by atoms with E-state index in [2.05, 4.69) is 28.3 Å². The van der Waals surface area contributed by atoms with Crippen LogP contribution >= 0.6 is 11.5 Å². The van der Waals surface area contributed by atoms with Crippen molar-refractivity contribution in [2.24, 2.45) is 0 Å². The molecule has 2 N–H and O–H groups in total. The fraction of sp³-hybridized carbons (Fsp3) is 0.833. The molecule has 1 fully saturated rings. The Bertz CT molecular complexity index is 396. The minimum Gasteiger partial charge on any atom is -0.393 e. The molecule has 0 saturated carbocycles. The van der Waals surface area contributed by atoms with E-state index in [1.807, 2.05) is 0 Å². The zero-order chi connectivity index (χ0) is 13.2. The van der Waals surface area contributed by atoms with Crippen LogP contribution in [-0.4, -0.2) is 50.0 Å². The highest BCUT2D eigenvalue weighted by Crippen LogP contribution is 2.25. The molecule has 0 amide bonds. The number of piperidine rings is 1. The quantitative estimate of drug-likeness (QED) is 0.854. The van der Waals surface area contributed by atoms with Crippen LogP contribution in [0.3, 0.4) is 0 Å². The van der Waals surface area contributed by atoms with Gasteiger partial charge in [-0.05, 0) is 36.8 Å². The maximum absolute atomic E-state index is 10.1. The van der Waals surface area contributed by atoms with Crippen LogP contribution in [0.5, 0.6) is 0 Å². The van der Waals surface area contributed by atoms with Crippen LogP contribution in [0.15, 0.2) is 0 Å². The molecule has 102 valence electrons. The highest BCUT2D eigenvalue weighted by atomic mass is 32.1. The van der Waals surface area contributed by atoms with Crippen LogP contribution in [-0.2, 0) is 6.54 Å². The molecule has 1 atom stereocenters. The summed E-state index contributed by atoms with van der Waals surface area (Å²) in [6.45, 7) is 6.31. The van der Waals surface area contributed by atoms with Gasteiger partial charge in [0, 0.05) is 13.1 Å². The number of nitrogens with zero attached hydrogens (tertiary/aromatic N) is 3. The normalized spacial score (nSPS) is 25.8. The summed E-state index contributed by atoms with van der Waals surface area (Å²) >= 11 is 1.43. The van der Waals surface area contributed by atoms with Gasteiger partial charge < -0.3 is 10.2 Å². The summed E-state index contributed by atoms with van der Waals surface area (Å²) in [5, 5.41) is 23.5. The van der Waals surface area contributed by atoms with Crippen LogP contribution in [0.2, 0.25) is 0 Å². The zero-order valence-electron chi connectivity index (χ0n) is 11.0. The third kappa shape index (κ3) is 3.06. The number of aliphatic hydroxyl groups excluding tert-OH is 1. The molecular formula is C12H21N3O2S. The lowest BCUT2D eigenvalue weighted by atomic mass is 9.93. The predicted octanol–water partition coefficient (Wildman–Crippen LogP) is 0.981. The molecule has 5 nitrogen and oxygen atoms in total. The molecule has 1 aliphatic heterocycles. The van der Waals surface area contributed by atoms with Crippen molar-refractivity contribution >= 4 is 11.5 Å². The first-order chi connectivity index (χ1) is 8.54. The third-order valence-electron chi connectivity index (χ3n) is 3.43. The number of rotatable bonds is 4. The molecular weight excluding hydrogens is 250 g/mol. The van der Waals surface area contributed by atoms with E-state index in [1.54, 1.807) is 0 Å². The lowest BCUT2D eigenvalue weighted by Gasteiger charge is -2.37. The van der Waals surface area contributed by atoms with Crippen molar-refractivity contribution < 1.29 is 10.2 Å². The van der Waals surface area contributed by atoms with E-state index >= 15 is 0 Å². The Labute approximate surface area is 112 Å². The topological polar surface area (TPSA) is 69.5 Å². The highest BCUT2D eigenvalue weighted by Gasteiger charge is 2.33. The van der Waals surface area contributed by atoms with Crippen molar-refractivity contribution in [3.8, 4) is 0 Å². The standard InChI is InChI=1S/C12H21N3O2S/c1-9(2)11-10(18-14-13-11)6-15-5-3-4-12(17,7-15)8-16/h9,16-17H,3-8H2,1-2H3/t12-/m0/s1. The number of hydrogen-bond acceptors (Lipinski definition) is 6. The van der Waals surface area contributed by atoms with Gasteiger partial charge >= 0.3 is 0 Å². The number of likely N-dealkylation sites (tertiary alicyclic amines) is 1. The SMILES string of the molecule is CC(C)c1nnsc1CN1CCC[C@@](O)(CO)C1. The van der Waals surface area contributed by atoms with Gasteiger partial charge in [-0.1, -0.05) is 18.3 Å². The van der Waals surface area contributed by atoms with Gasteiger partial charge in [-0.25, -0.2) is 0 Å². The molecule has 0 aromatic carbocycles. The fourth-order valence-corrected chi connectivity index (χ4v) is 3.27. The summed E-state index contributed by atoms with van der Waals surface area (Å²) in [5.74, 6) is 0.375. The molecule has 2 rings (SSSR count). The summed E-state index contributed by atoms with van der Waals surface area (Å²) in [5.41, 5.74) is 0.118. The van der Waals surface area contributed by atoms with Gasteiger partial charge in [0.25, 0.3) is 0 Å². The second-order valence-electron chi connectivity index (χ2n) is 5.43. The highest BCUT2D eigenvalue weighted by molar-refractivity contribution is 7.05. The van der Waals surface area contributed by atoms with Crippen LogP contribution in [0.1, 0.15) is 43.2 Å². The molecule has 0 spiro atoms. The van der Waals surface area contributed by atoms with Crippen molar-refractivity contribution in [2.75, 3.05) is 19.7 Å². The summed E-state index contributed by atoms with van der Waals surface area (Å²) < 4.78 is 4.02. The van der Waals surface area contributed by atoms with Gasteiger partial charge in [-0.2, -0.15) is 0 Å². The summed E-state index contributed by atoms with van der Waals surface area (Å²) in [7, 11) is 0. The molecule has 0 unspecified atom stereocenters. The number of aliphatic hydroxyl groups is 2. The summed E-state index contributed by atoms with van der Waals surface area (Å²) in [4.78, 5) is 3.35. The molecule has 1 aliphatic rings. The zero-order valence-corrected chi connectivity index (χ0v) is 11.8. The minimum absolute atomic E-state index is 0.165. The van der Waals surface area contributed by atoms with E-state index in [9.17, 15) is 10.2 Å². The first-order valence-corrected chi connectivity index (χ1v) is 7.18. The maximum Gasteiger partial charge on any atom is 0.100 e. The average Bonchev–Trinajstić information content (AvgIpc) is 2.77. The molecule has 0 aliphatic carbocycles. The van der Waals surface area contributed by atoms with Crippen molar-refractivity contribution in [2.45, 2.75) is 44.8 Å². The van der Waals surface area contributed by atoms with Gasteiger partial charge in [0.2, 0.25) is 0 Å². The summed E-state index contributed by atoms with van der Waals surface area (Å²) in [6.07, 6.45) is 1.60. The Morgan fingerprint density at radius 2 is 2.28 bits per heavy atom. The average molecular weight is 271 g/mol. The third-order valence-corrected chi connectivity index (χ3v) is 4.15. The molecule has 0 bridgehead atoms. The predicted molar refractivity (Wildman–Crippen MR) is 70.5 cm³/mol. The second kappa shape index (κ2) is 5.61. The first-order valence-electron chi connectivity index (χ1n) is 6.41. The van der Waals surface area contributed by atoms with E-state index in [1.165, 1.54) is 16.4 Å². The largest absolute Gasteiger partial charge is 0.393 e. The van der Waals surface area contributed by atoms with E-state index in [0.29, 0.717) is 18.9 Å². The maximum atomic E-state index is 10.1. The number of β-amino-alcohol motifs (C(OH)–C–C–N with tert-alkyl or cyclic N) is 1. The van der Waals surface area contributed by atoms with Crippen LogP contribution in [0.4, 0.5) is 0 Å². The van der Waals surface area contributed by atoms with E-state index in [-0.39, 0.29) is 6.61 Å².